The van der Waals surface area contributed by atoms with E-state index in [-0.39, 0.29) is 5.69 Å². The number of rotatable bonds is 14. The van der Waals surface area contributed by atoms with Crippen molar-refractivity contribution in [1.29, 1.82) is 0 Å². The monoisotopic (exact) mass is 810 g/mol. The van der Waals surface area contributed by atoms with Crippen LogP contribution in [0.1, 0.15) is 53.4 Å². The summed E-state index contributed by atoms with van der Waals surface area (Å²) in [7, 11) is 3.83. The van der Waals surface area contributed by atoms with Crippen molar-refractivity contribution in [3.05, 3.63) is 130 Å². The zero-order valence-electron chi connectivity index (χ0n) is 34.5. The predicted molar refractivity (Wildman–Crippen MR) is 225 cm³/mol. The Hall–Kier alpha value is -7.10. The lowest BCUT2D eigenvalue weighted by atomic mass is 10.1. The van der Waals surface area contributed by atoms with E-state index < -0.39 is 11.6 Å². The SMILES string of the molecule is CCOc1ccc(-n2nc3c(N(C)Cc4ccc(Cc5nnc(N(C)Cc6ccncc6)c6nn(-c7ccc(OCC)cc7F)c(C)c56)nc4)nnc(C)c3c2C)c(F)c1. The lowest BCUT2D eigenvalue weighted by Gasteiger charge is -2.19. The Morgan fingerprint density at radius 3 is 1.73 bits per heavy atom. The maximum Gasteiger partial charge on any atom is 0.179 e. The molecule has 6 aromatic heterocycles. The third-order valence-electron chi connectivity index (χ3n) is 10.3. The minimum Gasteiger partial charge on any atom is -0.494 e. The molecule has 306 valence electrons. The Morgan fingerprint density at radius 1 is 0.633 bits per heavy atom. The first-order chi connectivity index (χ1) is 29.0. The van der Waals surface area contributed by atoms with Crippen LogP contribution in [0.4, 0.5) is 20.4 Å². The maximum atomic E-state index is 15.6. The number of nitrogens with zero attached hydrogens (tertiary/aromatic N) is 12. The smallest absolute Gasteiger partial charge is 0.179 e. The van der Waals surface area contributed by atoms with Crippen LogP contribution >= 0.6 is 0 Å². The van der Waals surface area contributed by atoms with Gasteiger partial charge >= 0.3 is 0 Å². The van der Waals surface area contributed by atoms with Crippen molar-refractivity contribution in [2.24, 2.45) is 0 Å². The van der Waals surface area contributed by atoms with Crippen molar-refractivity contribution in [2.75, 3.05) is 37.1 Å². The molecule has 60 heavy (non-hydrogen) atoms. The first-order valence-corrected chi connectivity index (χ1v) is 19.6. The van der Waals surface area contributed by atoms with Gasteiger partial charge in [0.2, 0.25) is 0 Å². The topological polar surface area (TPSA) is 138 Å². The molecule has 0 saturated heterocycles. The molecule has 0 saturated carbocycles. The van der Waals surface area contributed by atoms with Gasteiger partial charge in [-0.2, -0.15) is 20.4 Å². The molecule has 0 unspecified atom stereocenters. The molecule has 2 aromatic carbocycles. The minimum absolute atomic E-state index is 0.285. The molecule has 0 bridgehead atoms. The lowest BCUT2D eigenvalue weighted by Crippen LogP contribution is -2.19. The number of aromatic nitrogens is 10. The molecule has 0 radical (unpaired) electrons. The fourth-order valence-electron chi connectivity index (χ4n) is 7.47. The predicted octanol–water partition coefficient (Wildman–Crippen LogP) is 7.60. The molecule has 8 aromatic rings. The highest BCUT2D eigenvalue weighted by Crippen LogP contribution is 2.33. The summed E-state index contributed by atoms with van der Waals surface area (Å²) in [6, 6.07) is 17.4. The number of benzene rings is 2. The molecule has 0 aliphatic heterocycles. The van der Waals surface area contributed by atoms with Crippen LogP contribution < -0.4 is 19.3 Å². The van der Waals surface area contributed by atoms with Crippen LogP contribution in [0.3, 0.4) is 0 Å². The number of halogens is 2. The quantitative estimate of drug-likeness (QED) is 0.107. The van der Waals surface area contributed by atoms with Crippen molar-refractivity contribution >= 4 is 33.4 Å². The van der Waals surface area contributed by atoms with E-state index >= 15 is 8.78 Å². The average Bonchev–Trinajstić information content (AvgIpc) is 3.76. The first kappa shape index (κ1) is 39.7. The van der Waals surface area contributed by atoms with Gasteiger partial charge in [0.15, 0.2) is 23.3 Å². The van der Waals surface area contributed by atoms with E-state index in [9.17, 15) is 0 Å². The summed E-state index contributed by atoms with van der Waals surface area (Å²) in [5.41, 5.74) is 7.33. The van der Waals surface area contributed by atoms with E-state index in [2.05, 4.69) is 20.3 Å². The number of pyridine rings is 2. The van der Waals surface area contributed by atoms with E-state index in [1.165, 1.54) is 12.1 Å². The number of aryl methyl sites for hydroxylation is 3. The summed E-state index contributed by atoms with van der Waals surface area (Å²) in [5.74, 6) is 1.10. The van der Waals surface area contributed by atoms with Crippen LogP contribution in [-0.2, 0) is 19.5 Å². The summed E-state index contributed by atoms with van der Waals surface area (Å²) >= 11 is 0. The molecule has 0 amide bonds. The molecule has 8 rings (SSSR count). The third kappa shape index (κ3) is 7.63. The largest absolute Gasteiger partial charge is 0.494 e. The Morgan fingerprint density at radius 2 is 1.18 bits per heavy atom. The number of ether oxygens (including phenoxy) is 2. The van der Waals surface area contributed by atoms with E-state index in [4.69, 9.17) is 29.8 Å². The normalized spacial score (nSPS) is 11.4. The van der Waals surface area contributed by atoms with Gasteiger partial charge < -0.3 is 19.3 Å². The molecule has 0 spiro atoms. The summed E-state index contributed by atoms with van der Waals surface area (Å²) < 4.78 is 45.1. The summed E-state index contributed by atoms with van der Waals surface area (Å²) in [5, 5.41) is 29.7. The van der Waals surface area contributed by atoms with Gasteiger partial charge in [-0.15, -0.1) is 10.2 Å². The van der Waals surface area contributed by atoms with Crippen LogP contribution in [-0.4, -0.2) is 77.2 Å². The number of hydrogen-bond acceptors (Lipinski definition) is 12. The van der Waals surface area contributed by atoms with Crippen LogP contribution in [0.25, 0.3) is 33.2 Å². The van der Waals surface area contributed by atoms with Gasteiger partial charge in [-0.1, -0.05) is 6.07 Å². The van der Waals surface area contributed by atoms with Gasteiger partial charge in [0.25, 0.3) is 0 Å². The molecule has 6 heterocycles. The van der Waals surface area contributed by atoms with E-state index in [0.717, 1.165) is 33.3 Å². The van der Waals surface area contributed by atoms with Crippen molar-refractivity contribution in [2.45, 2.75) is 54.1 Å². The lowest BCUT2D eigenvalue weighted by molar-refractivity contribution is 0.338. The molecule has 0 fully saturated rings. The summed E-state index contributed by atoms with van der Waals surface area (Å²) in [4.78, 5) is 12.9. The average molecular weight is 811 g/mol. The molecule has 0 atom stereocenters. The second-order valence-electron chi connectivity index (χ2n) is 14.5. The summed E-state index contributed by atoms with van der Waals surface area (Å²) in [6.07, 6.45) is 5.67. The molecular weight excluding hydrogens is 767 g/mol. The van der Waals surface area contributed by atoms with Gasteiger partial charge in [0.05, 0.1) is 46.8 Å². The van der Waals surface area contributed by atoms with Crippen LogP contribution in [0.5, 0.6) is 11.5 Å². The van der Waals surface area contributed by atoms with Crippen LogP contribution in [0.2, 0.25) is 0 Å². The van der Waals surface area contributed by atoms with Gasteiger partial charge in [0.1, 0.15) is 33.9 Å². The van der Waals surface area contributed by atoms with Gasteiger partial charge in [-0.25, -0.2) is 18.1 Å². The highest BCUT2D eigenvalue weighted by Gasteiger charge is 2.24. The molecule has 16 heteroatoms. The van der Waals surface area contributed by atoms with Crippen molar-refractivity contribution in [3.63, 3.8) is 0 Å². The van der Waals surface area contributed by atoms with Gasteiger partial charge in [-0.05, 0) is 88.2 Å². The Bertz CT molecular complexity index is 2830. The Balaban J connectivity index is 1.08. The Labute approximate surface area is 345 Å². The minimum atomic E-state index is -0.462. The number of anilines is 2. The fraction of sp³-hybridized carbons (Fsp3) is 0.273. The maximum absolute atomic E-state index is 15.6. The van der Waals surface area contributed by atoms with E-state index in [0.29, 0.717) is 89.7 Å². The van der Waals surface area contributed by atoms with Crippen LogP contribution in [0, 0.1) is 32.4 Å². The fourth-order valence-corrected chi connectivity index (χ4v) is 7.47. The second kappa shape index (κ2) is 16.6. The van der Waals surface area contributed by atoms with Crippen LogP contribution in [0.15, 0.2) is 79.3 Å². The molecule has 0 N–H and O–H groups in total. The third-order valence-corrected chi connectivity index (χ3v) is 10.3. The highest BCUT2D eigenvalue weighted by atomic mass is 19.1. The van der Waals surface area contributed by atoms with Gasteiger partial charge in [0, 0.05) is 70.0 Å². The van der Waals surface area contributed by atoms with Crippen molar-refractivity contribution in [3.8, 4) is 22.9 Å². The van der Waals surface area contributed by atoms with E-state index in [1.54, 1.807) is 46.0 Å². The van der Waals surface area contributed by atoms with Crippen molar-refractivity contribution in [1.82, 2.24) is 49.9 Å². The summed E-state index contributed by atoms with van der Waals surface area (Å²) in [6.45, 7) is 11.2. The molecule has 14 nitrogen and oxygen atoms in total. The standard InChI is InChI=1S/C44H44F2N12O2/c1-8-59-32-12-14-37(34(45)21-32)57-27(4)39-26(3)49-51-43(41(39)53-57)56(7)25-30-10-11-31(48-23-30)20-36-40-28(5)58(38-15-13-33(60-9-2)22-35(38)46)54-42(40)44(52-50-36)55(6)24-29-16-18-47-19-17-29/h10-19,21-23H,8-9,20,24-25H2,1-7H3. The highest BCUT2D eigenvalue weighted by molar-refractivity contribution is 5.93. The molecule has 0 aliphatic rings. The van der Waals surface area contributed by atoms with E-state index in [1.807, 2.05) is 89.0 Å². The zero-order chi connectivity index (χ0) is 42.1. The van der Waals surface area contributed by atoms with Crippen molar-refractivity contribution < 1.29 is 18.3 Å². The molecular formula is C44H44F2N12O2. The number of hydrogen-bond donors (Lipinski definition) is 0. The second-order valence-corrected chi connectivity index (χ2v) is 14.5. The zero-order valence-corrected chi connectivity index (χ0v) is 34.5. The number of fused-ring (bicyclic) bond motifs is 2. The molecule has 0 aliphatic carbocycles. The first-order valence-electron chi connectivity index (χ1n) is 19.6. The van der Waals surface area contributed by atoms with Gasteiger partial charge in [-0.3, -0.25) is 9.97 Å². The Kier molecular flexibility index (Phi) is 11.0.